The number of aromatic nitrogens is 2. The Morgan fingerprint density at radius 1 is 1.26 bits per heavy atom. The SMILES string of the molecule is COc1ccc(S(=N)(=N)CCNc2nonc2/C(=N/O)Nc2ccc(F)c(Br)c2)cc1. The number of methoxy groups -OCH3 is 1. The van der Waals surface area contributed by atoms with Gasteiger partial charge in [0.2, 0.25) is 11.7 Å². The molecular formula is C18H19BrFN7O3S. The molecule has 1 heterocycles. The summed E-state index contributed by atoms with van der Waals surface area (Å²) < 4.78 is 40.3. The lowest BCUT2D eigenvalue weighted by Gasteiger charge is -2.13. The molecule has 0 saturated carbocycles. The molecule has 0 bridgehead atoms. The fourth-order valence-electron chi connectivity index (χ4n) is 2.55. The second-order valence-electron chi connectivity index (χ2n) is 6.21. The zero-order valence-electron chi connectivity index (χ0n) is 16.2. The highest BCUT2D eigenvalue weighted by Gasteiger charge is 2.18. The lowest BCUT2D eigenvalue weighted by atomic mass is 10.3. The van der Waals surface area contributed by atoms with Gasteiger partial charge in [0.1, 0.15) is 11.6 Å². The summed E-state index contributed by atoms with van der Waals surface area (Å²) in [7, 11) is -1.01. The Hall–Kier alpha value is -3.19. The summed E-state index contributed by atoms with van der Waals surface area (Å²) >= 11 is 3.08. The molecule has 31 heavy (non-hydrogen) atoms. The fourth-order valence-corrected chi connectivity index (χ4v) is 4.17. The van der Waals surface area contributed by atoms with Crippen molar-refractivity contribution in [1.29, 1.82) is 9.56 Å². The number of rotatable bonds is 8. The smallest absolute Gasteiger partial charge is 0.203 e. The average molecular weight is 512 g/mol. The van der Waals surface area contributed by atoms with Crippen LogP contribution in [0, 0.1) is 15.4 Å². The van der Waals surface area contributed by atoms with Gasteiger partial charge in [-0.25, -0.2) is 9.02 Å². The van der Waals surface area contributed by atoms with Crippen LogP contribution in [-0.2, 0) is 9.62 Å². The van der Waals surface area contributed by atoms with Crippen LogP contribution in [0.3, 0.4) is 0 Å². The lowest BCUT2D eigenvalue weighted by molar-refractivity contribution is 0.305. The maximum atomic E-state index is 13.4. The molecule has 0 atom stereocenters. The fraction of sp³-hybridized carbons (Fsp3) is 0.167. The average Bonchev–Trinajstić information content (AvgIpc) is 3.22. The molecule has 0 unspecified atom stereocenters. The minimum absolute atomic E-state index is 0.0761. The van der Waals surface area contributed by atoms with Crippen molar-refractivity contribution in [2.75, 3.05) is 30.0 Å². The molecule has 13 heteroatoms. The van der Waals surface area contributed by atoms with Crippen molar-refractivity contribution in [3.63, 3.8) is 0 Å². The summed E-state index contributed by atoms with van der Waals surface area (Å²) in [5.41, 5.74) is 0.526. The Balaban J connectivity index is 1.67. The van der Waals surface area contributed by atoms with Crippen molar-refractivity contribution in [2.45, 2.75) is 4.90 Å². The van der Waals surface area contributed by atoms with Gasteiger partial charge in [-0.15, -0.1) is 0 Å². The molecule has 3 aromatic rings. The zero-order chi connectivity index (χ0) is 22.4. The van der Waals surface area contributed by atoms with Crippen LogP contribution < -0.4 is 15.4 Å². The molecular weight excluding hydrogens is 493 g/mol. The second-order valence-corrected chi connectivity index (χ2v) is 9.42. The zero-order valence-corrected chi connectivity index (χ0v) is 18.6. The molecule has 0 amide bonds. The molecule has 1 aromatic heterocycles. The number of halogens is 2. The number of hydrogen-bond donors (Lipinski definition) is 5. The quantitative estimate of drug-likeness (QED) is 0.130. The number of ether oxygens (including phenoxy) is 1. The first-order chi connectivity index (χ1) is 14.8. The van der Waals surface area contributed by atoms with Crippen LogP contribution >= 0.6 is 15.9 Å². The molecule has 0 aliphatic heterocycles. The third kappa shape index (κ3) is 5.49. The number of nitrogens with one attached hydrogen (secondary N) is 4. The highest BCUT2D eigenvalue weighted by molar-refractivity contribution is 9.10. The van der Waals surface area contributed by atoms with Gasteiger partial charge in [-0.2, -0.15) is 0 Å². The Bertz CT molecular complexity index is 1180. The minimum Gasteiger partial charge on any atom is -0.497 e. The van der Waals surface area contributed by atoms with E-state index in [4.69, 9.17) is 18.9 Å². The van der Waals surface area contributed by atoms with Crippen molar-refractivity contribution >= 4 is 42.9 Å². The van der Waals surface area contributed by atoms with E-state index < -0.39 is 15.4 Å². The van der Waals surface area contributed by atoms with E-state index in [0.717, 1.165) is 0 Å². The summed E-state index contributed by atoms with van der Waals surface area (Å²) in [6.07, 6.45) is 0. The first-order valence-corrected chi connectivity index (χ1v) is 11.4. The summed E-state index contributed by atoms with van der Waals surface area (Å²) in [5.74, 6) is 0.522. The number of nitrogens with zero attached hydrogens (tertiary/aromatic N) is 3. The van der Waals surface area contributed by atoms with Gasteiger partial charge in [0.05, 0.1) is 11.6 Å². The molecule has 0 radical (unpaired) electrons. The third-order valence-corrected chi connectivity index (χ3v) is 6.66. The highest BCUT2D eigenvalue weighted by atomic mass is 79.9. The molecule has 0 fully saturated rings. The van der Waals surface area contributed by atoms with Crippen LogP contribution in [0.15, 0.2) is 61.6 Å². The maximum absolute atomic E-state index is 13.4. The van der Waals surface area contributed by atoms with E-state index in [-0.39, 0.29) is 34.1 Å². The van der Waals surface area contributed by atoms with Gasteiger partial charge >= 0.3 is 0 Å². The van der Waals surface area contributed by atoms with Gasteiger partial charge in [0.25, 0.3) is 0 Å². The molecule has 0 aliphatic carbocycles. The van der Waals surface area contributed by atoms with Crippen LogP contribution in [0.1, 0.15) is 5.69 Å². The molecule has 0 saturated heterocycles. The van der Waals surface area contributed by atoms with Gasteiger partial charge in [-0.1, -0.05) is 5.16 Å². The van der Waals surface area contributed by atoms with Crippen LogP contribution in [-0.4, -0.2) is 40.8 Å². The molecule has 164 valence electrons. The number of benzene rings is 2. The first kappa shape index (κ1) is 22.5. The summed E-state index contributed by atoms with van der Waals surface area (Å²) in [6, 6.07) is 11.0. The van der Waals surface area contributed by atoms with Crippen LogP contribution in [0.5, 0.6) is 5.75 Å². The van der Waals surface area contributed by atoms with Crippen molar-refractivity contribution in [3.8, 4) is 5.75 Å². The van der Waals surface area contributed by atoms with Crippen LogP contribution in [0.2, 0.25) is 0 Å². The number of anilines is 2. The van der Waals surface area contributed by atoms with E-state index >= 15 is 0 Å². The minimum atomic E-state index is -2.57. The number of amidine groups is 1. The summed E-state index contributed by atoms with van der Waals surface area (Å²) in [4.78, 5) is 0.592. The van der Waals surface area contributed by atoms with E-state index in [9.17, 15) is 9.60 Å². The van der Waals surface area contributed by atoms with Gasteiger partial charge in [-0.05, 0) is 78.3 Å². The molecule has 2 aromatic carbocycles. The maximum Gasteiger partial charge on any atom is 0.203 e. The van der Waals surface area contributed by atoms with Gasteiger partial charge in [0.15, 0.2) is 5.69 Å². The molecule has 5 N–H and O–H groups in total. The number of hydrogen-bond acceptors (Lipinski definition) is 9. The van der Waals surface area contributed by atoms with Gasteiger partial charge in [0, 0.05) is 22.9 Å². The predicted molar refractivity (Wildman–Crippen MR) is 118 cm³/mol. The van der Waals surface area contributed by atoms with Gasteiger partial charge < -0.3 is 20.6 Å². The Morgan fingerprint density at radius 2 is 2.00 bits per heavy atom. The predicted octanol–water partition coefficient (Wildman–Crippen LogP) is 4.38. The third-order valence-electron chi connectivity index (χ3n) is 4.16. The van der Waals surface area contributed by atoms with Crippen molar-refractivity contribution in [1.82, 2.24) is 10.3 Å². The van der Waals surface area contributed by atoms with E-state index in [1.54, 1.807) is 31.4 Å². The molecule has 0 aliphatic rings. The summed E-state index contributed by atoms with van der Waals surface area (Å²) in [6.45, 7) is 0.233. The highest BCUT2D eigenvalue weighted by Crippen LogP contribution is 2.22. The lowest BCUT2D eigenvalue weighted by Crippen LogP contribution is -2.19. The molecule has 3 rings (SSSR count). The topological polar surface area (TPSA) is 152 Å². The largest absolute Gasteiger partial charge is 0.497 e. The first-order valence-electron chi connectivity index (χ1n) is 8.79. The Kier molecular flexibility index (Phi) is 7.07. The van der Waals surface area contributed by atoms with E-state index in [1.807, 2.05) is 0 Å². The van der Waals surface area contributed by atoms with Gasteiger partial charge in [-0.3, -0.25) is 9.56 Å². The van der Waals surface area contributed by atoms with Crippen LogP contribution in [0.25, 0.3) is 0 Å². The monoisotopic (exact) mass is 511 g/mol. The van der Waals surface area contributed by atoms with E-state index in [2.05, 4.69) is 42.0 Å². The van der Waals surface area contributed by atoms with Crippen molar-refractivity contribution < 1.29 is 19.0 Å². The second kappa shape index (κ2) is 9.75. The van der Waals surface area contributed by atoms with E-state index in [1.165, 1.54) is 18.2 Å². The van der Waals surface area contributed by atoms with Crippen molar-refractivity contribution in [3.05, 3.63) is 58.4 Å². The molecule has 0 spiro atoms. The van der Waals surface area contributed by atoms with Crippen molar-refractivity contribution in [2.24, 2.45) is 5.16 Å². The summed E-state index contributed by atoms with van der Waals surface area (Å²) in [5, 5.41) is 25.8. The van der Waals surface area contributed by atoms with E-state index in [0.29, 0.717) is 16.3 Å². The Labute approximate surface area is 186 Å². The molecule has 10 nitrogen and oxygen atoms in total. The normalized spacial score (nSPS) is 11.9. The van der Waals surface area contributed by atoms with Crippen LogP contribution in [0.4, 0.5) is 15.9 Å². The Morgan fingerprint density at radius 3 is 2.65 bits per heavy atom. The standard InChI is InChI=1S/C18H19BrFN7O3S/c1-29-12-3-5-13(6-4-12)31(21,22)9-8-23-17-16(26-30-27-17)18(25-28)24-11-2-7-15(20)14(19)10-11/h2-7,10,21-22,28H,8-9H2,1H3,(H,23,27)(H,24,25). The number of oxime groups is 1.